The van der Waals surface area contributed by atoms with E-state index >= 15 is 0 Å². The Bertz CT molecular complexity index is 1120. The Hall–Kier alpha value is -3.03. The molecule has 6 nitrogen and oxygen atoms in total. The second kappa shape index (κ2) is 8.98. The minimum Gasteiger partial charge on any atom is -0.496 e. The highest BCUT2D eigenvalue weighted by atomic mass is 35.5. The fraction of sp³-hybridized carbons (Fsp3) is 0.0952. The molecule has 1 amide bonds. The second-order valence-corrected chi connectivity index (χ2v) is 8.20. The van der Waals surface area contributed by atoms with Crippen LogP contribution < -0.4 is 14.8 Å². The number of carbonyl (C=O) groups is 1. The molecular formula is C21H19ClN2O4S. The lowest BCUT2D eigenvalue weighted by Crippen LogP contribution is -2.23. The fourth-order valence-electron chi connectivity index (χ4n) is 2.67. The zero-order valence-corrected chi connectivity index (χ0v) is 17.1. The van der Waals surface area contributed by atoms with Crippen LogP contribution in [-0.4, -0.2) is 21.4 Å². The van der Waals surface area contributed by atoms with Gasteiger partial charge in [-0.3, -0.25) is 9.52 Å². The first-order chi connectivity index (χ1) is 13.9. The monoisotopic (exact) mass is 430 g/mol. The van der Waals surface area contributed by atoms with Crippen LogP contribution in [0.5, 0.6) is 5.75 Å². The van der Waals surface area contributed by atoms with Crippen molar-refractivity contribution in [3.63, 3.8) is 0 Å². The van der Waals surface area contributed by atoms with Crippen LogP contribution in [-0.2, 0) is 16.6 Å². The number of anilines is 1. The molecule has 3 rings (SSSR count). The van der Waals surface area contributed by atoms with Crippen LogP contribution in [0.15, 0.2) is 77.7 Å². The standard InChI is InChI=1S/C21H19ClN2O4S/c1-28-20-10-6-5-7-16(20)14-23-21(25)15-11-12-19(18(22)13-15)24-29(26,27)17-8-3-2-4-9-17/h2-13,24H,14H2,1H3,(H,23,25). The Morgan fingerprint density at radius 3 is 2.38 bits per heavy atom. The molecule has 0 aromatic heterocycles. The van der Waals surface area contributed by atoms with Crippen molar-refractivity contribution < 1.29 is 17.9 Å². The first-order valence-electron chi connectivity index (χ1n) is 8.68. The number of hydrogen-bond donors (Lipinski definition) is 2. The summed E-state index contributed by atoms with van der Waals surface area (Å²) in [6, 6.07) is 19.7. The molecule has 0 aliphatic heterocycles. The summed E-state index contributed by atoms with van der Waals surface area (Å²) in [5.74, 6) is 0.340. The van der Waals surface area contributed by atoms with Crippen LogP contribution in [0.4, 0.5) is 5.69 Å². The number of sulfonamides is 1. The molecule has 0 unspecified atom stereocenters. The third kappa shape index (κ3) is 5.07. The zero-order chi connectivity index (χ0) is 20.9. The normalized spacial score (nSPS) is 11.0. The molecule has 0 aliphatic rings. The van der Waals surface area contributed by atoms with E-state index in [0.29, 0.717) is 11.3 Å². The van der Waals surface area contributed by atoms with Crippen molar-refractivity contribution in [1.29, 1.82) is 0 Å². The van der Waals surface area contributed by atoms with Crippen LogP contribution in [0.3, 0.4) is 0 Å². The van der Waals surface area contributed by atoms with Gasteiger partial charge in [-0.05, 0) is 36.4 Å². The molecule has 0 heterocycles. The van der Waals surface area contributed by atoms with Crippen LogP contribution in [0.1, 0.15) is 15.9 Å². The highest BCUT2D eigenvalue weighted by Crippen LogP contribution is 2.26. The maximum atomic E-state index is 12.4. The van der Waals surface area contributed by atoms with Crippen LogP contribution in [0.2, 0.25) is 5.02 Å². The van der Waals surface area contributed by atoms with Crippen molar-refractivity contribution >= 4 is 33.2 Å². The Morgan fingerprint density at radius 1 is 1.00 bits per heavy atom. The van der Waals surface area contributed by atoms with Gasteiger partial charge in [-0.15, -0.1) is 0 Å². The van der Waals surface area contributed by atoms with Gasteiger partial charge in [0.2, 0.25) is 0 Å². The van der Waals surface area contributed by atoms with Crippen LogP contribution >= 0.6 is 11.6 Å². The minimum atomic E-state index is -3.77. The van der Waals surface area contributed by atoms with Gasteiger partial charge in [0.25, 0.3) is 15.9 Å². The fourth-order valence-corrected chi connectivity index (χ4v) is 4.05. The molecule has 29 heavy (non-hydrogen) atoms. The molecule has 0 saturated heterocycles. The van der Waals surface area contributed by atoms with Gasteiger partial charge in [-0.2, -0.15) is 0 Å². The van der Waals surface area contributed by atoms with E-state index in [4.69, 9.17) is 16.3 Å². The lowest BCUT2D eigenvalue weighted by Gasteiger charge is -2.12. The molecule has 3 aromatic carbocycles. The largest absolute Gasteiger partial charge is 0.496 e. The molecule has 0 radical (unpaired) electrons. The van der Waals surface area contributed by atoms with E-state index in [0.717, 1.165) is 5.56 Å². The number of benzene rings is 3. The minimum absolute atomic E-state index is 0.120. The number of methoxy groups -OCH3 is 1. The number of para-hydroxylation sites is 1. The smallest absolute Gasteiger partial charge is 0.261 e. The summed E-state index contributed by atoms with van der Waals surface area (Å²) in [6.07, 6.45) is 0. The summed E-state index contributed by atoms with van der Waals surface area (Å²) >= 11 is 6.20. The van der Waals surface area contributed by atoms with Gasteiger partial charge in [-0.25, -0.2) is 8.42 Å². The number of ether oxygens (including phenoxy) is 1. The molecule has 8 heteroatoms. The van der Waals surface area contributed by atoms with Gasteiger partial charge in [0.05, 0.1) is 22.7 Å². The van der Waals surface area contributed by atoms with Crippen LogP contribution in [0, 0.1) is 0 Å². The van der Waals surface area contributed by atoms with Crippen molar-refractivity contribution in [2.24, 2.45) is 0 Å². The number of amides is 1. The predicted octanol–water partition coefficient (Wildman–Crippen LogP) is 4.08. The van der Waals surface area contributed by atoms with Crippen molar-refractivity contribution in [1.82, 2.24) is 5.32 Å². The Kier molecular flexibility index (Phi) is 6.41. The van der Waals surface area contributed by atoms with Crippen molar-refractivity contribution in [3.8, 4) is 5.75 Å². The molecule has 3 aromatic rings. The quantitative estimate of drug-likeness (QED) is 0.591. The average molecular weight is 431 g/mol. The number of nitrogens with one attached hydrogen (secondary N) is 2. The number of carbonyl (C=O) groups excluding carboxylic acids is 1. The molecule has 0 atom stereocenters. The Labute approximate surface area is 174 Å². The topological polar surface area (TPSA) is 84.5 Å². The SMILES string of the molecule is COc1ccccc1CNC(=O)c1ccc(NS(=O)(=O)c2ccccc2)c(Cl)c1. The number of halogens is 1. The molecule has 150 valence electrons. The van der Waals surface area contributed by atoms with E-state index in [1.165, 1.54) is 30.3 Å². The highest BCUT2D eigenvalue weighted by molar-refractivity contribution is 7.92. The van der Waals surface area contributed by atoms with E-state index in [-0.39, 0.29) is 28.1 Å². The number of rotatable bonds is 7. The second-order valence-electron chi connectivity index (χ2n) is 6.11. The Balaban J connectivity index is 1.71. The molecule has 0 saturated carbocycles. The highest BCUT2D eigenvalue weighted by Gasteiger charge is 2.16. The molecule has 0 spiro atoms. The molecular weight excluding hydrogens is 412 g/mol. The van der Waals surface area contributed by atoms with Gasteiger partial charge in [0.15, 0.2) is 0 Å². The van der Waals surface area contributed by atoms with Crippen molar-refractivity contribution in [3.05, 3.63) is 88.9 Å². The summed E-state index contributed by atoms with van der Waals surface area (Å²) in [5, 5.41) is 2.91. The summed E-state index contributed by atoms with van der Waals surface area (Å²) in [7, 11) is -2.21. The van der Waals surface area contributed by atoms with E-state index in [1.807, 2.05) is 24.3 Å². The van der Waals surface area contributed by atoms with Gasteiger partial charge in [0, 0.05) is 17.7 Å². The van der Waals surface area contributed by atoms with E-state index in [2.05, 4.69) is 10.0 Å². The first-order valence-corrected chi connectivity index (χ1v) is 10.5. The molecule has 2 N–H and O–H groups in total. The summed E-state index contributed by atoms with van der Waals surface area (Å²) < 4.78 is 32.6. The summed E-state index contributed by atoms with van der Waals surface area (Å²) in [5.41, 5.74) is 1.34. The maximum absolute atomic E-state index is 12.4. The van der Waals surface area contributed by atoms with Gasteiger partial charge in [-0.1, -0.05) is 48.0 Å². The van der Waals surface area contributed by atoms with E-state index < -0.39 is 10.0 Å². The third-order valence-corrected chi connectivity index (χ3v) is 5.86. The van der Waals surface area contributed by atoms with Crippen molar-refractivity contribution in [2.75, 3.05) is 11.8 Å². The first kappa shape index (κ1) is 20.7. The lowest BCUT2D eigenvalue weighted by molar-refractivity contribution is 0.0950. The van der Waals surface area contributed by atoms with Gasteiger partial charge in [0.1, 0.15) is 5.75 Å². The molecule has 0 aliphatic carbocycles. The summed E-state index contributed by atoms with van der Waals surface area (Å²) in [6.45, 7) is 0.281. The average Bonchev–Trinajstić information content (AvgIpc) is 2.74. The zero-order valence-electron chi connectivity index (χ0n) is 15.6. The molecule has 0 fully saturated rings. The maximum Gasteiger partial charge on any atom is 0.261 e. The predicted molar refractivity (Wildman–Crippen MR) is 113 cm³/mol. The third-order valence-electron chi connectivity index (χ3n) is 4.16. The van der Waals surface area contributed by atoms with Crippen LogP contribution in [0.25, 0.3) is 0 Å². The van der Waals surface area contributed by atoms with E-state index in [1.54, 1.807) is 25.3 Å². The number of hydrogen-bond acceptors (Lipinski definition) is 4. The van der Waals surface area contributed by atoms with Gasteiger partial charge < -0.3 is 10.1 Å². The van der Waals surface area contributed by atoms with E-state index in [9.17, 15) is 13.2 Å². The Morgan fingerprint density at radius 2 is 1.69 bits per heavy atom. The van der Waals surface area contributed by atoms with Crippen molar-refractivity contribution in [2.45, 2.75) is 11.4 Å². The summed E-state index contributed by atoms with van der Waals surface area (Å²) in [4.78, 5) is 12.6. The lowest BCUT2D eigenvalue weighted by atomic mass is 10.1. The molecule has 0 bridgehead atoms. The van der Waals surface area contributed by atoms with Gasteiger partial charge >= 0.3 is 0 Å².